The van der Waals surface area contributed by atoms with Crippen molar-refractivity contribution in [1.29, 1.82) is 0 Å². The Morgan fingerprint density at radius 1 is 0.950 bits per heavy atom. The molecule has 0 spiro atoms. The molecule has 2 atom stereocenters. The number of unbranched alkanes of at least 4 members (excludes halogenated alkanes) is 5. The Morgan fingerprint density at radius 2 is 1.62 bits per heavy atom. The topological polar surface area (TPSA) is 108 Å². The van der Waals surface area contributed by atoms with Gasteiger partial charge in [0.05, 0.1) is 6.61 Å². The highest BCUT2D eigenvalue weighted by Crippen LogP contribution is 2.27. The standard InChI is InChI=1S/C32H47N3O5/c1-7-8-9-10-11-14-20-35(30(38)27(22-36)34-31(39)40-32(4,5)6)28(25-18-15-16-23(2)21-25)29(37)33-26-19-13-12-17-24(26)3/h12-13,15-19,21,27-28,36H,7-11,14,20,22H2,1-6H3,(H,33,37)(H,34,39). The Balaban J connectivity index is 2.45. The minimum atomic E-state index is -1.27. The van der Waals surface area contributed by atoms with Gasteiger partial charge < -0.3 is 25.4 Å². The fraction of sp³-hybridized carbons (Fsp3) is 0.531. The molecule has 8 heteroatoms. The number of hydrogen-bond acceptors (Lipinski definition) is 5. The minimum Gasteiger partial charge on any atom is -0.444 e. The molecule has 2 unspecified atom stereocenters. The van der Waals surface area contributed by atoms with E-state index in [2.05, 4.69) is 17.6 Å². The minimum absolute atomic E-state index is 0.289. The van der Waals surface area contributed by atoms with Crippen LogP contribution in [0.4, 0.5) is 10.5 Å². The van der Waals surface area contributed by atoms with Crippen LogP contribution in [-0.2, 0) is 14.3 Å². The summed E-state index contributed by atoms with van der Waals surface area (Å²) in [5, 5.41) is 15.7. The maximum absolute atomic E-state index is 14.0. The highest BCUT2D eigenvalue weighted by molar-refractivity contribution is 5.99. The second-order valence-electron chi connectivity index (χ2n) is 11.3. The summed E-state index contributed by atoms with van der Waals surface area (Å²) in [6.07, 6.45) is 5.19. The van der Waals surface area contributed by atoms with Crippen molar-refractivity contribution < 1.29 is 24.2 Å². The molecule has 0 aliphatic heterocycles. The third-order valence-electron chi connectivity index (χ3n) is 6.53. The number of nitrogens with zero attached hydrogens (tertiary/aromatic N) is 1. The molecule has 0 radical (unpaired) electrons. The zero-order valence-corrected chi connectivity index (χ0v) is 25.0. The van der Waals surface area contributed by atoms with Crippen molar-refractivity contribution in [2.75, 3.05) is 18.5 Å². The third kappa shape index (κ3) is 10.6. The molecule has 8 nitrogen and oxygen atoms in total. The maximum Gasteiger partial charge on any atom is 0.408 e. The molecule has 0 aromatic heterocycles. The lowest BCUT2D eigenvalue weighted by Gasteiger charge is -2.34. The van der Waals surface area contributed by atoms with Crippen LogP contribution >= 0.6 is 0 Å². The Bertz CT molecular complexity index is 1110. The van der Waals surface area contributed by atoms with E-state index in [1.165, 1.54) is 4.90 Å². The van der Waals surface area contributed by atoms with Gasteiger partial charge in [-0.1, -0.05) is 87.1 Å². The summed E-state index contributed by atoms with van der Waals surface area (Å²) in [7, 11) is 0. The molecule has 2 aromatic carbocycles. The van der Waals surface area contributed by atoms with E-state index >= 15 is 0 Å². The molecule has 2 rings (SSSR count). The van der Waals surface area contributed by atoms with Crippen molar-refractivity contribution in [2.24, 2.45) is 0 Å². The van der Waals surface area contributed by atoms with Gasteiger partial charge in [0, 0.05) is 12.2 Å². The molecule has 0 saturated carbocycles. The second-order valence-corrected chi connectivity index (χ2v) is 11.3. The summed E-state index contributed by atoms with van der Waals surface area (Å²) in [4.78, 5) is 41.9. The number of aliphatic hydroxyl groups is 1. The highest BCUT2D eigenvalue weighted by atomic mass is 16.6. The van der Waals surface area contributed by atoms with Gasteiger partial charge in [-0.2, -0.15) is 0 Å². The van der Waals surface area contributed by atoms with E-state index < -0.39 is 36.3 Å². The largest absolute Gasteiger partial charge is 0.444 e. The number of benzene rings is 2. The van der Waals surface area contributed by atoms with Gasteiger partial charge in [-0.15, -0.1) is 0 Å². The number of ether oxygens (including phenoxy) is 1. The van der Waals surface area contributed by atoms with Gasteiger partial charge in [-0.3, -0.25) is 9.59 Å². The molecular formula is C32H47N3O5. The maximum atomic E-state index is 14.0. The number of hydrogen-bond donors (Lipinski definition) is 3. The van der Waals surface area contributed by atoms with Crippen molar-refractivity contribution >= 4 is 23.6 Å². The lowest BCUT2D eigenvalue weighted by molar-refractivity contribution is -0.141. The Morgan fingerprint density at radius 3 is 2.25 bits per heavy atom. The average Bonchev–Trinajstić information content (AvgIpc) is 2.88. The molecule has 0 fully saturated rings. The molecule has 3 amide bonds. The second kappa shape index (κ2) is 16.0. The molecule has 0 aliphatic rings. The lowest BCUT2D eigenvalue weighted by atomic mass is 10.00. The van der Waals surface area contributed by atoms with Gasteiger partial charge >= 0.3 is 6.09 Å². The number of aliphatic hydroxyl groups excluding tert-OH is 1. The summed E-state index contributed by atoms with van der Waals surface area (Å²) in [6.45, 7) is 10.8. The number of alkyl carbamates (subject to hydrolysis) is 1. The predicted octanol–water partition coefficient (Wildman–Crippen LogP) is 6.06. The lowest BCUT2D eigenvalue weighted by Crippen LogP contribution is -2.54. The summed E-state index contributed by atoms with van der Waals surface area (Å²) >= 11 is 0. The Kier molecular flexibility index (Phi) is 13.1. The number of carbonyl (C=O) groups excluding carboxylic acids is 3. The van der Waals surface area contributed by atoms with Crippen LogP contribution in [0.3, 0.4) is 0 Å². The normalized spacial score (nSPS) is 12.8. The van der Waals surface area contributed by atoms with Crippen molar-refractivity contribution in [3.63, 3.8) is 0 Å². The molecule has 3 N–H and O–H groups in total. The van der Waals surface area contributed by atoms with Crippen LogP contribution in [0.1, 0.15) is 89.0 Å². The van der Waals surface area contributed by atoms with Crippen LogP contribution in [0, 0.1) is 13.8 Å². The van der Waals surface area contributed by atoms with Gasteiger partial charge in [0.1, 0.15) is 17.7 Å². The summed E-state index contributed by atoms with van der Waals surface area (Å²) in [6, 6.07) is 12.7. The highest BCUT2D eigenvalue weighted by Gasteiger charge is 2.36. The quantitative estimate of drug-likeness (QED) is 0.247. The van der Waals surface area contributed by atoms with E-state index in [9.17, 15) is 19.5 Å². The fourth-order valence-electron chi connectivity index (χ4n) is 4.49. The summed E-state index contributed by atoms with van der Waals surface area (Å²) < 4.78 is 5.33. The summed E-state index contributed by atoms with van der Waals surface area (Å²) in [5.74, 6) is -0.915. The van der Waals surface area contributed by atoms with Gasteiger partial charge in [-0.25, -0.2) is 4.79 Å². The first kappa shape index (κ1) is 32.8. The number of amides is 3. The number of para-hydroxylation sites is 1. The molecule has 0 heterocycles. The van der Waals surface area contributed by atoms with E-state index in [0.717, 1.165) is 43.2 Å². The molecule has 0 saturated heterocycles. The summed E-state index contributed by atoms with van der Waals surface area (Å²) in [5.41, 5.74) is 2.38. The van der Waals surface area contributed by atoms with Crippen molar-refractivity contribution in [3.05, 3.63) is 65.2 Å². The van der Waals surface area contributed by atoms with Crippen LogP contribution in [0.2, 0.25) is 0 Å². The monoisotopic (exact) mass is 553 g/mol. The first-order valence-electron chi connectivity index (χ1n) is 14.3. The van der Waals surface area contributed by atoms with Crippen molar-refractivity contribution in [2.45, 2.75) is 97.8 Å². The molecule has 40 heavy (non-hydrogen) atoms. The van der Waals surface area contributed by atoms with E-state index in [1.54, 1.807) is 20.8 Å². The van der Waals surface area contributed by atoms with Crippen LogP contribution in [-0.4, -0.2) is 52.7 Å². The van der Waals surface area contributed by atoms with Crippen LogP contribution < -0.4 is 10.6 Å². The van der Waals surface area contributed by atoms with E-state index in [-0.39, 0.29) is 12.5 Å². The fourth-order valence-corrected chi connectivity index (χ4v) is 4.49. The predicted molar refractivity (Wildman–Crippen MR) is 159 cm³/mol. The Hall–Kier alpha value is -3.39. The van der Waals surface area contributed by atoms with Gasteiger partial charge in [-0.05, 0) is 58.2 Å². The zero-order valence-electron chi connectivity index (χ0n) is 25.0. The van der Waals surface area contributed by atoms with Gasteiger partial charge in [0.25, 0.3) is 5.91 Å². The van der Waals surface area contributed by atoms with Gasteiger partial charge in [0.2, 0.25) is 5.91 Å². The number of rotatable bonds is 14. The van der Waals surface area contributed by atoms with E-state index in [0.29, 0.717) is 17.7 Å². The smallest absolute Gasteiger partial charge is 0.408 e. The van der Waals surface area contributed by atoms with E-state index in [1.807, 2.05) is 62.4 Å². The van der Waals surface area contributed by atoms with Crippen molar-refractivity contribution in [1.82, 2.24) is 10.2 Å². The first-order valence-corrected chi connectivity index (χ1v) is 14.3. The van der Waals surface area contributed by atoms with Crippen LogP contribution in [0.25, 0.3) is 0 Å². The van der Waals surface area contributed by atoms with Gasteiger partial charge in [0.15, 0.2) is 0 Å². The SMILES string of the molecule is CCCCCCCCN(C(=O)C(CO)NC(=O)OC(C)(C)C)C(C(=O)Nc1ccccc1C)c1cccc(C)c1. The number of aryl methyl sites for hydroxylation is 2. The molecule has 0 bridgehead atoms. The van der Waals surface area contributed by atoms with E-state index in [4.69, 9.17) is 4.74 Å². The number of carbonyl (C=O) groups is 3. The van der Waals surface area contributed by atoms with Crippen molar-refractivity contribution in [3.8, 4) is 0 Å². The van der Waals surface area contributed by atoms with Crippen LogP contribution in [0.15, 0.2) is 48.5 Å². The first-order chi connectivity index (χ1) is 19.0. The van der Waals surface area contributed by atoms with Crippen LogP contribution in [0.5, 0.6) is 0 Å². The molecule has 220 valence electrons. The molecule has 0 aliphatic carbocycles. The zero-order chi connectivity index (χ0) is 29.7. The molecular weight excluding hydrogens is 506 g/mol. The Labute approximate surface area is 239 Å². The number of anilines is 1. The average molecular weight is 554 g/mol. The third-order valence-corrected chi connectivity index (χ3v) is 6.53. The molecule has 2 aromatic rings. The number of nitrogens with one attached hydrogen (secondary N) is 2.